The summed E-state index contributed by atoms with van der Waals surface area (Å²) in [7, 11) is 0. The normalized spacial score (nSPS) is 12.5. The molecule has 1 N–H and O–H groups in total. The summed E-state index contributed by atoms with van der Waals surface area (Å²) in [5, 5.41) is 17.9. The van der Waals surface area contributed by atoms with Crippen LogP contribution >= 0.6 is 11.3 Å². The Hall–Kier alpha value is -1.98. The minimum absolute atomic E-state index is 0.321. The molecule has 0 saturated carbocycles. The summed E-state index contributed by atoms with van der Waals surface area (Å²) < 4.78 is 5.16. The zero-order valence-electron chi connectivity index (χ0n) is 10.1. The van der Waals surface area contributed by atoms with Gasteiger partial charge in [-0.3, -0.25) is 0 Å². The molecule has 4 nitrogen and oxygen atoms in total. The molecule has 1 atom stereocenters. The first kappa shape index (κ1) is 12.1. The van der Waals surface area contributed by atoms with Crippen molar-refractivity contribution in [3.05, 3.63) is 58.6 Å². The second-order valence-electron chi connectivity index (χ2n) is 4.15. The van der Waals surface area contributed by atoms with Crippen LogP contribution in [0.4, 0.5) is 0 Å². The number of hydrogen-bond donors (Lipinski definition) is 1. The van der Waals surface area contributed by atoms with E-state index in [1.807, 2.05) is 47.2 Å². The van der Waals surface area contributed by atoms with Gasteiger partial charge in [-0.05, 0) is 17.0 Å². The van der Waals surface area contributed by atoms with Crippen molar-refractivity contribution in [3.8, 4) is 11.4 Å². The number of rotatable bonds is 4. The molecule has 96 valence electrons. The molecule has 0 aliphatic heterocycles. The van der Waals surface area contributed by atoms with E-state index in [-0.39, 0.29) is 0 Å². The first-order chi connectivity index (χ1) is 9.33. The number of thiophene rings is 1. The van der Waals surface area contributed by atoms with Gasteiger partial charge in [-0.15, -0.1) is 0 Å². The predicted octanol–water partition coefficient (Wildman–Crippen LogP) is 3.07. The lowest BCUT2D eigenvalue weighted by Crippen LogP contribution is -2.01. The van der Waals surface area contributed by atoms with Gasteiger partial charge in [0, 0.05) is 10.9 Å². The fourth-order valence-corrected chi connectivity index (χ4v) is 2.44. The highest BCUT2D eigenvalue weighted by Crippen LogP contribution is 2.21. The molecule has 3 aromatic rings. The number of aromatic nitrogens is 2. The Morgan fingerprint density at radius 1 is 1.21 bits per heavy atom. The summed E-state index contributed by atoms with van der Waals surface area (Å²) >= 11 is 1.58. The van der Waals surface area contributed by atoms with Gasteiger partial charge < -0.3 is 9.63 Å². The number of benzene rings is 1. The van der Waals surface area contributed by atoms with Crippen LogP contribution in [0.25, 0.3) is 11.4 Å². The third-order valence-corrected chi connectivity index (χ3v) is 3.48. The lowest BCUT2D eigenvalue weighted by molar-refractivity contribution is 0.165. The Bertz CT molecular complexity index is 635. The molecule has 0 radical (unpaired) electrons. The number of nitrogens with zero attached hydrogens (tertiary/aromatic N) is 2. The number of hydrogen-bond acceptors (Lipinski definition) is 5. The fourth-order valence-electron chi connectivity index (χ4n) is 1.81. The molecule has 2 heterocycles. The van der Waals surface area contributed by atoms with Crippen molar-refractivity contribution in [1.82, 2.24) is 10.1 Å². The van der Waals surface area contributed by atoms with Crippen molar-refractivity contribution in [2.75, 3.05) is 0 Å². The van der Waals surface area contributed by atoms with Gasteiger partial charge in [0.15, 0.2) is 0 Å². The second kappa shape index (κ2) is 5.34. The standard InChI is InChI=1S/C14H12N2O2S/c17-12(10-4-2-1-3-5-10)8-13-15-14(16-18-13)11-6-7-19-9-11/h1-7,9,12,17H,8H2. The molecule has 19 heavy (non-hydrogen) atoms. The van der Waals surface area contributed by atoms with E-state index in [9.17, 15) is 5.11 Å². The highest BCUT2D eigenvalue weighted by Gasteiger charge is 2.14. The number of aliphatic hydroxyl groups is 1. The van der Waals surface area contributed by atoms with Crippen LogP contribution in [0.15, 0.2) is 51.7 Å². The molecular weight excluding hydrogens is 260 g/mol. The Balaban J connectivity index is 1.74. The zero-order valence-corrected chi connectivity index (χ0v) is 10.9. The van der Waals surface area contributed by atoms with E-state index >= 15 is 0 Å². The maximum Gasteiger partial charge on any atom is 0.229 e. The summed E-state index contributed by atoms with van der Waals surface area (Å²) in [5.74, 6) is 1.01. The van der Waals surface area contributed by atoms with Crippen LogP contribution in [0.5, 0.6) is 0 Å². The topological polar surface area (TPSA) is 59.2 Å². The molecule has 3 rings (SSSR count). The van der Waals surface area contributed by atoms with E-state index in [4.69, 9.17) is 4.52 Å². The van der Waals surface area contributed by atoms with Gasteiger partial charge in [-0.1, -0.05) is 35.5 Å². The SMILES string of the molecule is OC(Cc1nc(-c2ccsc2)no1)c1ccccc1. The van der Waals surface area contributed by atoms with Crippen molar-refractivity contribution in [1.29, 1.82) is 0 Å². The monoisotopic (exact) mass is 272 g/mol. The summed E-state index contributed by atoms with van der Waals surface area (Å²) in [6, 6.07) is 11.4. The van der Waals surface area contributed by atoms with E-state index in [0.717, 1.165) is 11.1 Å². The minimum Gasteiger partial charge on any atom is -0.388 e. The Labute approximate surface area is 114 Å². The van der Waals surface area contributed by atoms with Crippen molar-refractivity contribution in [2.24, 2.45) is 0 Å². The van der Waals surface area contributed by atoms with Crippen molar-refractivity contribution in [3.63, 3.8) is 0 Å². The summed E-state index contributed by atoms with van der Waals surface area (Å²) in [4.78, 5) is 4.29. The van der Waals surface area contributed by atoms with Crippen molar-refractivity contribution < 1.29 is 9.63 Å². The van der Waals surface area contributed by atoms with Gasteiger partial charge >= 0.3 is 0 Å². The van der Waals surface area contributed by atoms with Gasteiger partial charge in [-0.25, -0.2) is 0 Å². The van der Waals surface area contributed by atoms with Crippen molar-refractivity contribution >= 4 is 11.3 Å². The van der Waals surface area contributed by atoms with Crippen LogP contribution in [0.3, 0.4) is 0 Å². The van der Waals surface area contributed by atoms with E-state index in [1.165, 1.54) is 0 Å². The maximum atomic E-state index is 10.1. The average Bonchev–Trinajstić information content (AvgIpc) is 3.10. The Morgan fingerprint density at radius 2 is 2.05 bits per heavy atom. The molecule has 1 aromatic carbocycles. The fraction of sp³-hybridized carbons (Fsp3) is 0.143. The summed E-state index contributed by atoms with van der Waals surface area (Å²) in [5.41, 5.74) is 1.78. The van der Waals surface area contributed by atoms with Gasteiger partial charge in [0.25, 0.3) is 0 Å². The highest BCUT2D eigenvalue weighted by molar-refractivity contribution is 7.08. The molecule has 0 spiro atoms. The smallest absolute Gasteiger partial charge is 0.229 e. The minimum atomic E-state index is -0.628. The molecule has 1 unspecified atom stereocenters. The Kier molecular flexibility index (Phi) is 3.39. The first-order valence-corrected chi connectivity index (χ1v) is 6.85. The summed E-state index contributed by atoms with van der Waals surface area (Å²) in [6.07, 6.45) is -0.307. The molecule has 0 aliphatic carbocycles. The molecule has 0 bridgehead atoms. The van der Waals surface area contributed by atoms with Crippen LogP contribution in [-0.2, 0) is 6.42 Å². The van der Waals surface area contributed by atoms with Crippen LogP contribution in [-0.4, -0.2) is 15.2 Å². The van der Waals surface area contributed by atoms with Crippen LogP contribution in [0.1, 0.15) is 17.6 Å². The second-order valence-corrected chi connectivity index (χ2v) is 4.93. The predicted molar refractivity (Wildman–Crippen MR) is 72.7 cm³/mol. The molecule has 0 amide bonds. The molecule has 0 aliphatic rings. The third-order valence-electron chi connectivity index (χ3n) is 2.80. The average molecular weight is 272 g/mol. The number of aliphatic hydroxyl groups excluding tert-OH is 1. The molecule has 5 heteroatoms. The van der Waals surface area contributed by atoms with E-state index in [0.29, 0.717) is 18.1 Å². The van der Waals surface area contributed by atoms with Crippen LogP contribution in [0.2, 0.25) is 0 Å². The zero-order chi connectivity index (χ0) is 13.1. The lowest BCUT2D eigenvalue weighted by atomic mass is 10.1. The molecule has 0 saturated heterocycles. The highest BCUT2D eigenvalue weighted by atomic mass is 32.1. The lowest BCUT2D eigenvalue weighted by Gasteiger charge is -2.07. The first-order valence-electron chi connectivity index (χ1n) is 5.91. The van der Waals surface area contributed by atoms with Gasteiger partial charge in [0.1, 0.15) is 0 Å². The van der Waals surface area contributed by atoms with E-state index in [2.05, 4.69) is 10.1 Å². The molecular formula is C14H12N2O2S. The van der Waals surface area contributed by atoms with Gasteiger partial charge in [-0.2, -0.15) is 16.3 Å². The molecule has 2 aromatic heterocycles. The maximum absolute atomic E-state index is 10.1. The molecule has 0 fully saturated rings. The largest absolute Gasteiger partial charge is 0.388 e. The van der Waals surface area contributed by atoms with Crippen LogP contribution < -0.4 is 0 Å². The third kappa shape index (κ3) is 2.72. The van der Waals surface area contributed by atoms with Gasteiger partial charge in [0.2, 0.25) is 11.7 Å². The van der Waals surface area contributed by atoms with E-state index in [1.54, 1.807) is 11.3 Å². The van der Waals surface area contributed by atoms with E-state index < -0.39 is 6.10 Å². The summed E-state index contributed by atoms with van der Waals surface area (Å²) in [6.45, 7) is 0. The van der Waals surface area contributed by atoms with Crippen molar-refractivity contribution in [2.45, 2.75) is 12.5 Å². The van der Waals surface area contributed by atoms with Gasteiger partial charge in [0.05, 0.1) is 12.5 Å². The van der Waals surface area contributed by atoms with Crippen LogP contribution in [0, 0.1) is 0 Å². The quantitative estimate of drug-likeness (QED) is 0.793. The Morgan fingerprint density at radius 3 is 2.79 bits per heavy atom.